The quantitative estimate of drug-likeness (QED) is 0.816. The maximum atomic E-state index is 11.9. The van der Waals surface area contributed by atoms with E-state index in [1.165, 1.54) is 31.2 Å². The Kier molecular flexibility index (Phi) is 5.47. The zero-order chi connectivity index (χ0) is 17.7. The predicted molar refractivity (Wildman–Crippen MR) is 88.4 cm³/mol. The topological polar surface area (TPSA) is 91.7 Å². The number of rotatable bonds is 7. The molecule has 0 aliphatic rings. The Morgan fingerprint density at radius 3 is 1.33 bits per heavy atom. The molecule has 2 N–H and O–H groups in total. The standard InChI is InChI=1S/C19H18O5/c1-12(20)17(10-13-2-6-15(7-3-13)18(21)22)11-14-4-8-16(9-5-14)19(23)24/h2-9,17H,10-11H2,1H3,(H,21,22)(H,23,24). The van der Waals surface area contributed by atoms with Crippen LogP contribution in [0, 0.1) is 5.92 Å². The highest BCUT2D eigenvalue weighted by Gasteiger charge is 2.16. The highest BCUT2D eigenvalue weighted by Crippen LogP contribution is 2.17. The van der Waals surface area contributed by atoms with Gasteiger partial charge in [-0.15, -0.1) is 0 Å². The molecule has 24 heavy (non-hydrogen) atoms. The van der Waals surface area contributed by atoms with Gasteiger partial charge in [0.2, 0.25) is 0 Å². The fourth-order valence-corrected chi connectivity index (χ4v) is 2.50. The van der Waals surface area contributed by atoms with E-state index in [4.69, 9.17) is 10.2 Å². The van der Waals surface area contributed by atoms with Crippen LogP contribution in [0.25, 0.3) is 0 Å². The molecule has 2 aromatic rings. The Morgan fingerprint density at radius 2 is 1.08 bits per heavy atom. The molecule has 0 spiro atoms. The van der Waals surface area contributed by atoms with Gasteiger partial charge in [-0.25, -0.2) is 9.59 Å². The van der Waals surface area contributed by atoms with E-state index in [2.05, 4.69) is 0 Å². The van der Waals surface area contributed by atoms with Crippen LogP contribution < -0.4 is 0 Å². The number of carbonyl (C=O) groups is 3. The van der Waals surface area contributed by atoms with Gasteiger partial charge in [-0.3, -0.25) is 4.79 Å². The van der Waals surface area contributed by atoms with Crippen LogP contribution in [0.1, 0.15) is 38.8 Å². The summed E-state index contributed by atoms with van der Waals surface area (Å²) in [7, 11) is 0. The molecule has 0 fully saturated rings. The van der Waals surface area contributed by atoms with E-state index < -0.39 is 11.9 Å². The first-order valence-corrected chi connectivity index (χ1v) is 7.51. The Bertz CT molecular complexity index is 685. The molecule has 0 aliphatic heterocycles. The number of carboxylic acids is 2. The summed E-state index contributed by atoms with van der Waals surface area (Å²) in [6.45, 7) is 1.53. The zero-order valence-electron chi connectivity index (χ0n) is 13.2. The van der Waals surface area contributed by atoms with Gasteiger partial charge in [0.05, 0.1) is 11.1 Å². The van der Waals surface area contributed by atoms with Crippen molar-refractivity contribution in [3.8, 4) is 0 Å². The van der Waals surface area contributed by atoms with E-state index in [0.717, 1.165) is 11.1 Å². The summed E-state index contributed by atoms with van der Waals surface area (Å²) >= 11 is 0. The van der Waals surface area contributed by atoms with Crippen LogP contribution in [0.2, 0.25) is 0 Å². The summed E-state index contributed by atoms with van der Waals surface area (Å²) in [6, 6.07) is 13.0. The summed E-state index contributed by atoms with van der Waals surface area (Å²) < 4.78 is 0. The summed E-state index contributed by atoms with van der Waals surface area (Å²) in [5, 5.41) is 17.8. The Balaban J connectivity index is 2.10. The minimum absolute atomic E-state index is 0.0413. The molecule has 0 saturated carbocycles. The molecule has 0 amide bonds. The van der Waals surface area contributed by atoms with Crippen molar-refractivity contribution in [1.29, 1.82) is 0 Å². The maximum absolute atomic E-state index is 11.9. The summed E-state index contributed by atoms with van der Waals surface area (Å²) in [5.74, 6) is -2.16. The van der Waals surface area contributed by atoms with E-state index in [0.29, 0.717) is 12.8 Å². The normalized spacial score (nSPS) is 10.6. The fourth-order valence-electron chi connectivity index (χ4n) is 2.50. The lowest BCUT2D eigenvalue weighted by Gasteiger charge is -2.14. The van der Waals surface area contributed by atoms with Gasteiger partial charge >= 0.3 is 11.9 Å². The molecule has 0 aromatic heterocycles. The Labute approximate surface area is 139 Å². The molecule has 2 aromatic carbocycles. The van der Waals surface area contributed by atoms with Crippen molar-refractivity contribution in [2.24, 2.45) is 5.92 Å². The summed E-state index contributed by atoms with van der Waals surface area (Å²) in [4.78, 5) is 33.6. The second kappa shape index (κ2) is 7.55. The Morgan fingerprint density at radius 1 is 0.750 bits per heavy atom. The molecule has 5 nitrogen and oxygen atoms in total. The molecule has 0 saturated heterocycles. The number of hydrogen-bond acceptors (Lipinski definition) is 3. The largest absolute Gasteiger partial charge is 0.478 e. The monoisotopic (exact) mass is 326 g/mol. The molecule has 0 aliphatic carbocycles. The first-order chi connectivity index (χ1) is 11.4. The van der Waals surface area contributed by atoms with Crippen molar-refractivity contribution in [2.45, 2.75) is 19.8 Å². The third kappa shape index (κ3) is 4.52. The molecule has 0 heterocycles. The Hall–Kier alpha value is -2.95. The first kappa shape index (κ1) is 17.4. The van der Waals surface area contributed by atoms with E-state index in [1.54, 1.807) is 24.3 Å². The minimum atomic E-state index is -0.983. The van der Waals surface area contributed by atoms with Gasteiger partial charge in [-0.2, -0.15) is 0 Å². The average molecular weight is 326 g/mol. The van der Waals surface area contributed by atoms with Crippen LogP contribution in [0.15, 0.2) is 48.5 Å². The number of Topliss-reactive ketones (excluding diaryl/α,β-unsaturated/α-hetero) is 1. The van der Waals surface area contributed by atoms with E-state index >= 15 is 0 Å². The summed E-state index contributed by atoms with van der Waals surface area (Å²) in [5.41, 5.74) is 2.20. The van der Waals surface area contributed by atoms with Crippen molar-refractivity contribution in [3.05, 3.63) is 70.8 Å². The molecule has 0 radical (unpaired) electrons. The number of ketones is 1. The lowest BCUT2D eigenvalue weighted by molar-refractivity contribution is -0.120. The number of carboxylic acid groups (broad SMARTS) is 2. The van der Waals surface area contributed by atoms with Crippen LogP contribution in [-0.4, -0.2) is 27.9 Å². The lowest BCUT2D eigenvalue weighted by Crippen LogP contribution is -2.17. The fraction of sp³-hybridized carbons (Fsp3) is 0.211. The minimum Gasteiger partial charge on any atom is -0.478 e. The van der Waals surface area contributed by atoms with Crippen molar-refractivity contribution >= 4 is 17.7 Å². The van der Waals surface area contributed by atoms with Crippen LogP contribution in [-0.2, 0) is 17.6 Å². The highest BCUT2D eigenvalue weighted by molar-refractivity contribution is 5.88. The number of hydrogen-bond donors (Lipinski definition) is 2. The molecule has 124 valence electrons. The molecule has 0 unspecified atom stereocenters. The third-order valence-corrected chi connectivity index (χ3v) is 3.94. The molecular weight excluding hydrogens is 308 g/mol. The SMILES string of the molecule is CC(=O)C(Cc1ccc(C(=O)O)cc1)Cc1ccc(C(=O)O)cc1. The molecule has 2 rings (SSSR count). The van der Waals surface area contributed by atoms with Gasteiger partial charge in [0, 0.05) is 5.92 Å². The third-order valence-electron chi connectivity index (χ3n) is 3.94. The van der Waals surface area contributed by atoms with Gasteiger partial charge in [0.25, 0.3) is 0 Å². The van der Waals surface area contributed by atoms with Crippen LogP contribution in [0.5, 0.6) is 0 Å². The van der Waals surface area contributed by atoms with Gasteiger partial charge in [-0.1, -0.05) is 24.3 Å². The first-order valence-electron chi connectivity index (χ1n) is 7.51. The van der Waals surface area contributed by atoms with Gasteiger partial charge < -0.3 is 10.2 Å². The predicted octanol–water partition coefficient (Wildman–Crippen LogP) is 3.07. The van der Waals surface area contributed by atoms with Crippen molar-refractivity contribution in [3.63, 3.8) is 0 Å². The second-order valence-corrected chi connectivity index (χ2v) is 5.72. The van der Waals surface area contributed by atoms with Crippen molar-refractivity contribution in [2.75, 3.05) is 0 Å². The average Bonchev–Trinajstić information content (AvgIpc) is 2.55. The number of aromatic carboxylic acids is 2. The molecule has 5 heteroatoms. The summed E-state index contributed by atoms with van der Waals surface area (Å²) in [6.07, 6.45) is 1.02. The van der Waals surface area contributed by atoms with Crippen LogP contribution >= 0.6 is 0 Å². The maximum Gasteiger partial charge on any atom is 0.335 e. The van der Waals surface area contributed by atoms with Crippen molar-refractivity contribution in [1.82, 2.24) is 0 Å². The van der Waals surface area contributed by atoms with E-state index in [9.17, 15) is 14.4 Å². The molecule has 0 atom stereocenters. The highest BCUT2D eigenvalue weighted by atomic mass is 16.4. The smallest absolute Gasteiger partial charge is 0.335 e. The zero-order valence-corrected chi connectivity index (χ0v) is 13.2. The van der Waals surface area contributed by atoms with Gasteiger partial charge in [0.1, 0.15) is 5.78 Å². The van der Waals surface area contributed by atoms with Crippen LogP contribution in [0.3, 0.4) is 0 Å². The van der Waals surface area contributed by atoms with Crippen LogP contribution in [0.4, 0.5) is 0 Å². The number of carbonyl (C=O) groups excluding carboxylic acids is 1. The lowest BCUT2D eigenvalue weighted by atomic mass is 9.89. The van der Waals surface area contributed by atoms with Gasteiger partial charge in [-0.05, 0) is 55.2 Å². The second-order valence-electron chi connectivity index (χ2n) is 5.72. The van der Waals surface area contributed by atoms with E-state index in [-0.39, 0.29) is 22.8 Å². The van der Waals surface area contributed by atoms with E-state index in [1.807, 2.05) is 0 Å². The number of benzene rings is 2. The molecular formula is C19H18O5. The molecule has 0 bridgehead atoms. The van der Waals surface area contributed by atoms with Crippen molar-refractivity contribution < 1.29 is 24.6 Å². The van der Waals surface area contributed by atoms with Gasteiger partial charge in [0.15, 0.2) is 0 Å².